The third kappa shape index (κ3) is 6.33. The van der Waals surface area contributed by atoms with Gasteiger partial charge in [0.2, 0.25) is 5.91 Å². The van der Waals surface area contributed by atoms with Crippen LogP contribution in [0.4, 0.5) is 5.69 Å². The van der Waals surface area contributed by atoms with E-state index in [4.69, 9.17) is 9.84 Å². The molecule has 0 saturated heterocycles. The van der Waals surface area contributed by atoms with Crippen LogP contribution in [0.25, 0.3) is 0 Å². The topological polar surface area (TPSA) is 61.8 Å². The van der Waals surface area contributed by atoms with Gasteiger partial charge < -0.3 is 15.2 Å². The first-order valence-electron chi connectivity index (χ1n) is 6.04. The van der Waals surface area contributed by atoms with Crippen molar-refractivity contribution in [2.24, 2.45) is 0 Å². The van der Waals surface area contributed by atoms with Crippen molar-refractivity contribution < 1.29 is 14.6 Å². The van der Waals surface area contributed by atoms with Crippen molar-refractivity contribution in [2.75, 3.05) is 45.3 Å². The largest absolute Gasteiger partial charge is 0.395 e. The zero-order valence-corrected chi connectivity index (χ0v) is 13.1. The fraction of sp³-hybridized carbons (Fsp3) is 0.462. The Morgan fingerprint density at radius 3 is 2.79 bits per heavy atom. The van der Waals surface area contributed by atoms with Crippen LogP contribution in [-0.2, 0) is 9.53 Å². The molecule has 2 N–H and O–H groups in total. The highest BCUT2D eigenvalue weighted by atomic mass is 127. The minimum Gasteiger partial charge on any atom is -0.395 e. The monoisotopic (exact) mass is 378 g/mol. The highest BCUT2D eigenvalue weighted by Gasteiger charge is 2.11. The molecule has 0 aliphatic rings. The summed E-state index contributed by atoms with van der Waals surface area (Å²) in [6.45, 7) is 1.89. The van der Waals surface area contributed by atoms with Crippen molar-refractivity contribution in [3.63, 3.8) is 0 Å². The molecule has 6 heteroatoms. The number of rotatable bonds is 8. The Morgan fingerprint density at radius 2 is 2.16 bits per heavy atom. The van der Waals surface area contributed by atoms with E-state index in [1.807, 2.05) is 29.2 Å². The zero-order chi connectivity index (χ0) is 14.1. The van der Waals surface area contributed by atoms with Crippen molar-refractivity contribution in [3.8, 4) is 0 Å². The molecular weight excluding hydrogens is 359 g/mol. The maximum absolute atomic E-state index is 11.9. The normalized spacial score (nSPS) is 10.7. The lowest BCUT2D eigenvalue weighted by Gasteiger charge is -2.20. The van der Waals surface area contributed by atoms with Crippen molar-refractivity contribution in [1.29, 1.82) is 0 Å². The zero-order valence-electron chi connectivity index (χ0n) is 10.9. The molecule has 1 amide bonds. The standard InChI is InChI=1S/C13H19IN2O3/c1-19-9-7-16(6-8-17)10-13(18)15-12-5-3-2-4-11(12)14/h2-5,17H,6-10H2,1H3,(H,15,18). The van der Waals surface area contributed by atoms with E-state index in [1.54, 1.807) is 7.11 Å². The van der Waals surface area contributed by atoms with Crippen LogP contribution in [0.1, 0.15) is 0 Å². The average Bonchev–Trinajstić information content (AvgIpc) is 2.39. The summed E-state index contributed by atoms with van der Waals surface area (Å²) >= 11 is 2.18. The molecule has 5 nitrogen and oxygen atoms in total. The lowest BCUT2D eigenvalue weighted by Crippen LogP contribution is -2.37. The lowest BCUT2D eigenvalue weighted by molar-refractivity contribution is -0.117. The SMILES string of the molecule is COCCN(CCO)CC(=O)Nc1ccccc1I. The first-order chi connectivity index (χ1) is 9.17. The Labute approximate surface area is 127 Å². The van der Waals surface area contributed by atoms with Gasteiger partial charge in [0.1, 0.15) is 0 Å². The summed E-state index contributed by atoms with van der Waals surface area (Å²) in [5, 5.41) is 11.8. The van der Waals surface area contributed by atoms with Gasteiger partial charge in [-0.3, -0.25) is 9.69 Å². The number of nitrogens with zero attached hydrogens (tertiary/aromatic N) is 1. The Morgan fingerprint density at radius 1 is 1.42 bits per heavy atom. The summed E-state index contributed by atoms with van der Waals surface area (Å²) in [4.78, 5) is 13.8. The van der Waals surface area contributed by atoms with Crippen LogP contribution in [0.3, 0.4) is 0 Å². The number of ether oxygens (including phenoxy) is 1. The van der Waals surface area contributed by atoms with Gasteiger partial charge >= 0.3 is 0 Å². The van der Waals surface area contributed by atoms with Crippen LogP contribution in [0, 0.1) is 3.57 Å². The summed E-state index contributed by atoms with van der Waals surface area (Å²) in [7, 11) is 1.61. The number of amides is 1. The number of hydrogen-bond acceptors (Lipinski definition) is 4. The minimum atomic E-state index is -0.0892. The molecule has 1 rings (SSSR count). The van der Waals surface area contributed by atoms with E-state index in [2.05, 4.69) is 27.9 Å². The number of hydrogen-bond donors (Lipinski definition) is 2. The van der Waals surface area contributed by atoms with E-state index in [9.17, 15) is 4.79 Å². The number of aliphatic hydroxyl groups is 1. The molecule has 0 aliphatic carbocycles. The molecule has 0 fully saturated rings. The third-order valence-electron chi connectivity index (χ3n) is 2.54. The molecule has 19 heavy (non-hydrogen) atoms. The first-order valence-corrected chi connectivity index (χ1v) is 7.11. The molecule has 0 aromatic heterocycles. The predicted molar refractivity (Wildman–Crippen MR) is 83.2 cm³/mol. The van der Waals surface area contributed by atoms with Gasteiger partial charge in [-0.15, -0.1) is 0 Å². The second-order valence-corrected chi connectivity index (χ2v) is 5.18. The van der Waals surface area contributed by atoms with Gasteiger partial charge in [-0.05, 0) is 34.7 Å². The fourth-order valence-corrected chi connectivity index (χ4v) is 2.11. The molecule has 106 valence electrons. The van der Waals surface area contributed by atoms with Gasteiger partial charge in [0, 0.05) is 23.8 Å². The number of benzene rings is 1. The molecule has 0 heterocycles. The Bertz CT molecular complexity index is 401. The Hall–Kier alpha value is -0.700. The molecule has 0 aliphatic heterocycles. The van der Waals surface area contributed by atoms with Crippen molar-refractivity contribution in [3.05, 3.63) is 27.8 Å². The van der Waals surface area contributed by atoms with E-state index >= 15 is 0 Å². The van der Waals surface area contributed by atoms with Gasteiger partial charge in [-0.25, -0.2) is 0 Å². The maximum Gasteiger partial charge on any atom is 0.238 e. The molecular formula is C13H19IN2O3. The predicted octanol–water partition coefficient (Wildman–Crippen LogP) is 1.17. The van der Waals surface area contributed by atoms with Gasteiger partial charge in [0.15, 0.2) is 0 Å². The molecule has 0 saturated carbocycles. The van der Waals surface area contributed by atoms with Crippen molar-refractivity contribution in [1.82, 2.24) is 4.90 Å². The van der Waals surface area contributed by atoms with Gasteiger partial charge in [-0.2, -0.15) is 0 Å². The number of para-hydroxylation sites is 1. The summed E-state index contributed by atoms with van der Waals surface area (Å²) in [5.74, 6) is -0.0892. The summed E-state index contributed by atoms with van der Waals surface area (Å²) in [6.07, 6.45) is 0. The van der Waals surface area contributed by atoms with Crippen molar-refractivity contribution >= 4 is 34.2 Å². The van der Waals surface area contributed by atoms with Crippen LogP contribution < -0.4 is 5.32 Å². The van der Waals surface area contributed by atoms with E-state index < -0.39 is 0 Å². The van der Waals surface area contributed by atoms with Crippen LogP contribution in [0.2, 0.25) is 0 Å². The lowest BCUT2D eigenvalue weighted by atomic mass is 10.3. The molecule has 1 aromatic rings. The van der Waals surface area contributed by atoms with Crippen molar-refractivity contribution in [2.45, 2.75) is 0 Å². The average molecular weight is 378 g/mol. The summed E-state index contributed by atoms with van der Waals surface area (Å²) in [5.41, 5.74) is 0.809. The molecule has 0 atom stereocenters. The third-order valence-corrected chi connectivity index (χ3v) is 3.48. The molecule has 0 radical (unpaired) electrons. The van der Waals surface area contributed by atoms with Crippen LogP contribution >= 0.6 is 22.6 Å². The number of nitrogens with one attached hydrogen (secondary N) is 1. The van der Waals surface area contributed by atoms with E-state index in [0.717, 1.165) is 9.26 Å². The number of methoxy groups -OCH3 is 1. The highest BCUT2D eigenvalue weighted by molar-refractivity contribution is 14.1. The molecule has 0 unspecified atom stereocenters. The highest BCUT2D eigenvalue weighted by Crippen LogP contribution is 2.16. The van der Waals surface area contributed by atoms with Crippen LogP contribution in [0.15, 0.2) is 24.3 Å². The number of carbonyl (C=O) groups excluding carboxylic acids is 1. The quantitative estimate of drug-likeness (QED) is 0.667. The van der Waals surface area contributed by atoms with Gasteiger partial charge in [0.05, 0.1) is 25.4 Å². The summed E-state index contributed by atoms with van der Waals surface area (Å²) < 4.78 is 5.98. The molecule has 0 spiro atoms. The second-order valence-electron chi connectivity index (χ2n) is 4.02. The fourth-order valence-electron chi connectivity index (χ4n) is 1.59. The maximum atomic E-state index is 11.9. The number of halogens is 1. The number of carbonyl (C=O) groups is 1. The minimum absolute atomic E-state index is 0.0276. The summed E-state index contributed by atoms with van der Waals surface area (Å²) in [6, 6.07) is 7.61. The second kappa shape index (κ2) is 9.24. The Kier molecular flexibility index (Phi) is 7.96. The van der Waals surface area contributed by atoms with Crippen LogP contribution in [0.5, 0.6) is 0 Å². The van der Waals surface area contributed by atoms with E-state index in [1.165, 1.54) is 0 Å². The number of anilines is 1. The Balaban J connectivity index is 2.50. The smallest absolute Gasteiger partial charge is 0.238 e. The molecule has 0 bridgehead atoms. The van der Waals surface area contributed by atoms with Gasteiger partial charge in [0.25, 0.3) is 0 Å². The first kappa shape index (κ1) is 16.4. The van der Waals surface area contributed by atoms with E-state index in [0.29, 0.717) is 19.7 Å². The van der Waals surface area contributed by atoms with Gasteiger partial charge in [-0.1, -0.05) is 12.1 Å². The van der Waals surface area contributed by atoms with Crippen LogP contribution in [-0.4, -0.2) is 55.9 Å². The van der Waals surface area contributed by atoms with E-state index in [-0.39, 0.29) is 19.1 Å². The number of aliphatic hydroxyl groups excluding tert-OH is 1. The molecule has 1 aromatic carbocycles.